The lowest BCUT2D eigenvalue weighted by atomic mass is 10.0. The largest absolute Gasteiger partial charge is 0.416 e. The number of nitrogens with zero attached hydrogens (tertiary/aromatic N) is 1. The Kier molecular flexibility index (Phi) is 5.98. The first-order valence-corrected chi connectivity index (χ1v) is 9.37. The lowest BCUT2D eigenvalue weighted by Gasteiger charge is -2.10. The molecule has 0 amide bonds. The number of carbonyl (C=O) groups is 2. The van der Waals surface area contributed by atoms with Crippen LogP contribution in [0.4, 0.5) is 13.2 Å². The third-order valence-electron chi connectivity index (χ3n) is 4.53. The number of Topliss-reactive ketones (excluding diaryl/α,β-unsaturated/α-hetero) is 2. The lowest BCUT2D eigenvalue weighted by Crippen LogP contribution is -2.14. The van der Waals surface area contributed by atoms with Gasteiger partial charge in [0.25, 0.3) is 0 Å². The maximum Gasteiger partial charge on any atom is 0.416 e. The van der Waals surface area contributed by atoms with Crippen LogP contribution in [0.5, 0.6) is 0 Å². The number of ketones is 2. The first-order chi connectivity index (χ1) is 13.7. The van der Waals surface area contributed by atoms with E-state index in [1.807, 2.05) is 0 Å². The van der Waals surface area contributed by atoms with Gasteiger partial charge in [-0.25, -0.2) is 0 Å². The molecule has 0 saturated heterocycles. The van der Waals surface area contributed by atoms with E-state index in [4.69, 9.17) is 0 Å². The summed E-state index contributed by atoms with van der Waals surface area (Å²) in [6, 6.07) is 13.0. The monoisotopic (exact) mass is 417 g/mol. The quantitative estimate of drug-likeness (QED) is 0.398. The van der Waals surface area contributed by atoms with Crippen LogP contribution in [-0.2, 0) is 12.7 Å². The zero-order valence-corrected chi connectivity index (χ0v) is 16.4. The molecule has 0 radical (unpaired) electrons. The molecule has 0 unspecified atom stereocenters. The van der Waals surface area contributed by atoms with Gasteiger partial charge in [-0.1, -0.05) is 43.3 Å². The number of aromatic nitrogens is 1. The average molecular weight is 417 g/mol. The molecule has 3 rings (SSSR count). The molecule has 0 saturated carbocycles. The fourth-order valence-electron chi connectivity index (χ4n) is 3.01. The van der Waals surface area contributed by atoms with Crippen LogP contribution in [0.2, 0.25) is 0 Å². The maximum absolute atomic E-state index is 12.9. The minimum absolute atomic E-state index is 0.0233. The van der Waals surface area contributed by atoms with Crippen molar-refractivity contribution in [3.63, 3.8) is 0 Å². The van der Waals surface area contributed by atoms with Crippen LogP contribution in [0.25, 0.3) is 11.1 Å². The summed E-state index contributed by atoms with van der Waals surface area (Å²) in [4.78, 5) is 25.2. The minimum Gasteiger partial charge on any atom is -0.336 e. The van der Waals surface area contributed by atoms with Crippen LogP contribution >= 0.6 is 12.6 Å². The highest BCUT2D eigenvalue weighted by Gasteiger charge is 2.30. The van der Waals surface area contributed by atoms with Crippen molar-refractivity contribution in [1.82, 2.24) is 4.57 Å². The molecule has 0 N–H and O–H groups in total. The number of hydrogen-bond acceptors (Lipinski definition) is 3. The highest BCUT2D eigenvalue weighted by atomic mass is 32.1. The molecular weight excluding hydrogens is 399 g/mol. The van der Waals surface area contributed by atoms with E-state index >= 15 is 0 Å². The van der Waals surface area contributed by atoms with Crippen LogP contribution in [0.3, 0.4) is 0 Å². The number of benzene rings is 2. The molecule has 0 fully saturated rings. The second-order valence-electron chi connectivity index (χ2n) is 6.57. The van der Waals surface area contributed by atoms with Crippen molar-refractivity contribution in [2.24, 2.45) is 0 Å². The van der Waals surface area contributed by atoms with Gasteiger partial charge in [-0.05, 0) is 29.3 Å². The van der Waals surface area contributed by atoms with Gasteiger partial charge in [-0.15, -0.1) is 12.6 Å². The molecule has 0 aliphatic carbocycles. The Morgan fingerprint density at radius 2 is 1.66 bits per heavy atom. The molecule has 1 heterocycles. The molecule has 1 aromatic heterocycles. The van der Waals surface area contributed by atoms with Crippen molar-refractivity contribution in [2.45, 2.75) is 31.0 Å². The summed E-state index contributed by atoms with van der Waals surface area (Å²) in [5.74, 6) is -0.298. The Balaban J connectivity index is 1.81. The molecule has 29 heavy (non-hydrogen) atoms. The van der Waals surface area contributed by atoms with Gasteiger partial charge < -0.3 is 4.57 Å². The van der Waals surface area contributed by atoms with E-state index in [1.165, 1.54) is 6.07 Å². The molecule has 0 aliphatic rings. The van der Waals surface area contributed by atoms with Gasteiger partial charge in [0.2, 0.25) is 0 Å². The fraction of sp³-hybridized carbons (Fsp3) is 0.182. The number of halogens is 3. The van der Waals surface area contributed by atoms with E-state index in [1.54, 1.807) is 54.1 Å². The van der Waals surface area contributed by atoms with Gasteiger partial charge in [0, 0.05) is 23.1 Å². The molecular formula is C22H18F3NO2S. The number of alkyl halides is 3. The molecule has 150 valence electrons. The van der Waals surface area contributed by atoms with E-state index in [-0.39, 0.29) is 18.1 Å². The predicted octanol–water partition coefficient (Wildman–Crippen LogP) is 5.94. The Bertz CT molecular complexity index is 1050. The average Bonchev–Trinajstić information content (AvgIpc) is 3.07. The van der Waals surface area contributed by atoms with Crippen LogP contribution in [-0.4, -0.2) is 16.1 Å². The summed E-state index contributed by atoms with van der Waals surface area (Å²) in [7, 11) is 0. The van der Waals surface area contributed by atoms with Crippen LogP contribution in [0.15, 0.2) is 65.7 Å². The van der Waals surface area contributed by atoms with Gasteiger partial charge in [0.1, 0.15) is 0 Å². The van der Waals surface area contributed by atoms with Crippen LogP contribution in [0, 0.1) is 0 Å². The first-order valence-electron chi connectivity index (χ1n) is 8.92. The summed E-state index contributed by atoms with van der Waals surface area (Å²) in [6.07, 6.45) is -2.47. The zero-order valence-electron chi connectivity index (χ0n) is 15.5. The van der Waals surface area contributed by atoms with Gasteiger partial charge in [-0.2, -0.15) is 13.2 Å². The van der Waals surface area contributed by atoms with Crippen LogP contribution < -0.4 is 0 Å². The van der Waals surface area contributed by atoms with Crippen molar-refractivity contribution < 1.29 is 22.8 Å². The Morgan fingerprint density at radius 3 is 2.28 bits per heavy atom. The molecule has 2 aromatic carbocycles. The van der Waals surface area contributed by atoms with Gasteiger partial charge >= 0.3 is 6.18 Å². The van der Waals surface area contributed by atoms with Gasteiger partial charge in [0.15, 0.2) is 11.6 Å². The first kappa shape index (κ1) is 20.9. The topological polar surface area (TPSA) is 39.1 Å². The standard InChI is InChI=1S/C22H18F3NO2S/c1-2-20(27)19-11-18(29)12-26(19)13-21(28)15-8-6-14(7-9-15)16-4-3-5-17(10-16)22(23,24)25/h3-12,29H,2,13H2,1H3. The summed E-state index contributed by atoms with van der Waals surface area (Å²) in [5.41, 5.74) is 1.10. The second-order valence-corrected chi connectivity index (χ2v) is 7.08. The third kappa shape index (κ3) is 4.79. The van der Waals surface area contributed by atoms with Crippen molar-refractivity contribution in [3.05, 3.63) is 77.6 Å². The van der Waals surface area contributed by atoms with E-state index in [0.717, 1.165) is 12.1 Å². The van der Waals surface area contributed by atoms with Crippen molar-refractivity contribution in [1.29, 1.82) is 0 Å². The summed E-state index contributed by atoms with van der Waals surface area (Å²) >= 11 is 4.24. The highest BCUT2D eigenvalue weighted by Crippen LogP contribution is 2.32. The molecule has 0 atom stereocenters. The van der Waals surface area contributed by atoms with Gasteiger partial charge in [0.05, 0.1) is 17.8 Å². The van der Waals surface area contributed by atoms with Crippen molar-refractivity contribution >= 4 is 24.2 Å². The number of rotatable bonds is 6. The van der Waals surface area contributed by atoms with Crippen LogP contribution in [0.1, 0.15) is 39.8 Å². The summed E-state index contributed by atoms with van der Waals surface area (Å²) in [5, 5.41) is 0. The van der Waals surface area contributed by atoms with E-state index in [0.29, 0.717) is 33.7 Å². The Hall–Kier alpha value is -2.80. The van der Waals surface area contributed by atoms with Gasteiger partial charge in [-0.3, -0.25) is 9.59 Å². The SMILES string of the molecule is CCC(=O)c1cc(S)cn1CC(=O)c1ccc(-c2cccc(C(F)(F)F)c2)cc1. The number of hydrogen-bond donors (Lipinski definition) is 1. The fourth-order valence-corrected chi connectivity index (χ4v) is 3.27. The normalized spacial score (nSPS) is 11.5. The molecule has 0 bridgehead atoms. The summed E-state index contributed by atoms with van der Waals surface area (Å²) in [6.45, 7) is 1.72. The molecule has 3 aromatic rings. The Morgan fingerprint density at radius 1 is 0.966 bits per heavy atom. The van der Waals surface area contributed by atoms with E-state index in [9.17, 15) is 22.8 Å². The molecule has 0 spiro atoms. The lowest BCUT2D eigenvalue weighted by molar-refractivity contribution is -0.137. The molecule has 0 aliphatic heterocycles. The predicted molar refractivity (Wildman–Crippen MR) is 108 cm³/mol. The highest BCUT2D eigenvalue weighted by molar-refractivity contribution is 7.80. The van der Waals surface area contributed by atoms with Crippen molar-refractivity contribution in [3.8, 4) is 11.1 Å². The smallest absolute Gasteiger partial charge is 0.336 e. The Labute approximate surface area is 171 Å². The van der Waals surface area contributed by atoms with E-state index in [2.05, 4.69) is 12.6 Å². The number of carbonyl (C=O) groups excluding carboxylic acids is 2. The van der Waals surface area contributed by atoms with Crippen molar-refractivity contribution in [2.75, 3.05) is 0 Å². The second kappa shape index (κ2) is 8.29. The molecule has 3 nitrogen and oxygen atoms in total. The van der Waals surface area contributed by atoms with E-state index < -0.39 is 11.7 Å². The number of thiol groups is 1. The third-order valence-corrected chi connectivity index (χ3v) is 4.78. The molecule has 7 heteroatoms. The minimum atomic E-state index is -4.41. The zero-order chi connectivity index (χ0) is 21.2. The maximum atomic E-state index is 12.9. The summed E-state index contributed by atoms with van der Waals surface area (Å²) < 4.78 is 40.3.